The molecule has 1 aromatic carbocycles. The van der Waals surface area contributed by atoms with Gasteiger partial charge in [-0.05, 0) is 61.6 Å². The van der Waals surface area contributed by atoms with Gasteiger partial charge in [-0.25, -0.2) is 0 Å². The quantitative estimate of drug-likeness (QED) is 0.531. The third kappa shape index (κ3) is 5.90. The van der Waals surface area contributed by atoms with E-state index in [1.807, 2.05) is 50.4 Å². The first-order valence-corrected chi connectivity index (χ1v) is 12.4. The Morgan fingerprint density at radius 2 is 2.06 bits per heavy atom. The molecule has 8 heteroatoms. The second-order valence-electron chi connectivity index (χ2n) is 9.38. The zero-order chi connectivity index (χ0) is 24.1. The molecule has 1 fully saturated rings. The van der Waals surface area contributed by atoms with Crippen molar-refractivity contribution in [2.75, 3.05) is 31.4 Å². The second-order valence-corrected chi connectivity index (χ2v) is 9.81. The van der Waals surface area contributed by atoms with Crippen LogP contribution in [0, 0.1) is 11.1 Å². The summed E-state index contributed by atoms with van der Waals surface area (Å²) >= 11 is 6.06. The van der Waals surface area contributed by atoms with E-state index in [9.17, 15) is 10.0 Å². The summed E-state index contributed by atoms with van der Waals surface area (Å²) in [5.74, 6) is 0.104. The molecule has 1 saturated heterocycles. The number of nitrogens with zero attached hydrogens (tertiary/aromatic N) is 4. The van der Waals surface area contributed by atoms with Crippen LogP contribution in [0.5, 0.6) is 0 Å². The molecule has 1 aromatic heterocycles. The van der Waals surface area contributed by atoms with Crippen molar-refractivity contribution in [3.05, 3.63) is 70.3 Å². The number of hydrogen-bond donors (Lipinski definition) is 1. The summed E-state index contributed by atoms with van der Waals surface area (Å²) < 4.78 is 0. The van der Waals surface area contributed by atoms with Gasteiger partial charge in [0.1, 0.15) is 0 Å². The minimum Gasteiger partial charge on any atom is -0.738 e. The summed E-state index contributed by atoms with van der Waals surface area (Å²) in [6, 6.07) is 10.0. The van der Waals surface area contributed by atoms with Crippen LogP contribution in [0.3, 0.4) is 0 Å². The molecule has 0 unspecified atom stereocenters. The van der Waals surface area contributed by atoms with E-state index in [2.05, 4.69) is 15.2 Å². The zero-order valence-electron chi connectivity index (χ0n) is 19.9. The minimum absolute atomic E-state index is 0.00731. The maximum atomic E-state index is 13.2. The van der Waals surface area contributed by atoms with E-state index >= 15 is 0 Å². The molecule has 0 spiro atoms. The molecule has 7 nitrogen and oxygen atoms in total. The van der Waals surface area contributed by atoms with Gasteiger partial charge in [-0.15, -0.1) is 0 Å². The Bertz CT molecular complexity index is 1010. The van der Waals surface area contributed by atoms with Crippen molar-refractivity contribution in [1.82, 2.24) is 20.2 Å². The highest BCUT2D eigenvalue weighted by atomic mass is 35.5. The van der Waals surface area contributed by atoms with E-state index in [0.29, 0.717) is 36.3 Å². The van der Waals surface area contributed by atoms with E-state index < -0.39 is 0 Å². The number of anilines is 1. The predicted octanol–water partition coefficient (Wildman–Crippen LogP) is 4.48. The lowest BCUT2D eigenvalue weighted by molar-refractivity contribution is -0.123. The van der Waals surface area contributed by atoms with E-state index in [1.165, 1.54) is 0 Å². The summed E-state index contributed by atoms with van der Waals surface area (Å²) in [6.07, 6.45) is 9.16. The van der Waals surface area contributed by atoms with Gasteiger partial charge in [0.25, 0.3) is 0 Å². The van der Waals surface area contributed by atoms with Gasteiger partial charge in [-0.1, -0.05) is 37.6 Å². The Morgan fingerprint density at radius 1 is 1.26 bits per heavy atom. The van der Waals surface area contributed by atoms with Crippen LogP contribution in [-0.4, -0.2) is 53.0 Å². The first-order valence-electron chi connectivity index (χ1n) is 12.1. The lowest BCUT2D eigenvalue weighted by Gasteiger charge is -2.47. The predicted molar refractivity (Wildman–Crippen MR) is 137 cm³/mol. The number of hydrogen-bond acceptors (Lipinski definition) is 6. The standard InChI is InChI=1S/C26H33ClN5O2/c1-19(2)26(33)29-11-4-14-30-13-3-5-23(30)18-31-17-21(15-20-6-8-22(27)9-7-20)24-10-12-28-16-25(24)32(31)34/h6-10,12,16-17,19,23H,3-5,11,13-15,18H2,1-2H3,(H,29,33)/q-1/t23-/m1/s1. The molecular formula is C26H33ClN5O2-. The van der Waals surface area contributed by atoms with Crippen LogP contribution in [-0.2, 0) is 11.2 Å². The Labute approximate surface area is 206 Å². The topological polar surface area (TPSA) is 74.8 Å². The van der Waals surface area contributed by atoms with Crippen molar-refractivity contribution in [3.8, 4) is 0 Å². The highest BCUT2D eigenvalue weighted by molar-refractivity contribution is 6.30. The number of rotatable bonds is 9. The number of carbonyl (C=O) groups excluding carboxylic acids is 1. The fourth-order valence-electron chi connectivity index (χ4n) is 4.65. The Kier molecular flexibility index (Phi) is 8.08. The summed E-state index contributed by atoms with van der Waals surface area (Å²) in [7, 11) is 0. The van der Waals surface area contributed by atoms with Crippen LogP contribution in [0.2, 0.25) is 5.02 Å². The lowest BCUT2D eigenvalue weighted by Crippen LogP contribution is -2.46. The molecule has 2 aliphatic heterocycles. The summed E-state index contributed by atoms with van der Waals surface area (Å²) in [6.45, 7) is 7.05. The maximum absolute atomic E-state index is 13.2. The molecule has 0 bridgehead atoms. The smallest absolute Gasteiger partial charge is 0.222 e. The van der Waals surface area contributed by atoms with Crippen molar-refractivity contribution in [3.63, 3.8) is 0 Å². The van der Waals surface area contributed by atoms with Gasteiger partial charge in [0.05, 0.1) is 18.4 Å². The average Bonchev–Trinajstić information content (AvgIpc) is 3.27. The van der Waals surface area contributed by atoms with E-state index in [4.69, 9.17) is 11.6 Å². The summed E-state index contributed by atoms with van der Waals surface area (Å²) in [5, 5.41) is 19.7. The number of carbonyl (C=O) groups is 1. The van der Waals surface area contributed by atoms with Crippen LogP contribution < -0.4 is 10.5 Å². The lowest BCUT2D eigenvalue weighted by atomic mass is 9.97. The maximum Gasteiger partial charge on any atom is 0.222 e. The molecule has 0 radical (unpaired) electrons. The first kappa shape index (κ1) is 24.5. The van der Waals surface area contributed by atoms with E-state index in [1.54, 1.807) is 17.4 Å². The monoisotopic (exact) mass is 482 g/mol. The van der Waals surface area contributed by atoms with Crippen molar-refractivity contribution in [2.45, 2.75) is 45.6 Å². The SMILES string of the molecule is CC(C)C(=O)NCCCN1CCC[C@@H]1CN1C=C(Cc2ccc(Cl)cc2)c2ccncc2N1[O-]. The van der Waals surface area contributed by atoms with Crippen molar-refractivity contribution >= 4 is 28.8 Å². The minimum atomic E-state index is 0.00731. The van der Waals surface area contributed by atoms with Gasteiger partial charge in [-0.3, -0.25) is 14.7 Å². The number of nitrogens with one attached hydrogen (secondary N) is 1. The van der Waals surface area contributed by atoms with Crippen LogP contribution in [0.1, 0.15) is 44.2 Å². The molecule has 4 rings (SSSR count). The molecular weight excluding hydrogens is 450 g/mol. The van der Waals surface area contributed by atoms with E-state index in [0.717, 1.165) is 54.2 Å². The van der Waals surface area contributed by atoms with Gasteiger partial charge in [0.2, 0.25) is 5.91 Å². The molecule has 1 amide bonds. The number of aromatic nitrogens is 1. The highest BCUT2D eigenvalue weighted by Crippen LogP contribution is 2.35. The number of amides is 1. The average molecular weight is 483 g/mol. The number of halogens is 1. The number of pyridine rings is 1. The summed E-state index contributed by atoms with van der Waals surface area (Å²) in [5.41, 5.74) is 3.73. The van der Waals surface area contributed by atoms with Gasteiger partial charge >= 0.3 is 0 Å². The van der Waals surface area contributed by atoms with Gasteiger partial charge in [-0.2, -0.15) is 0 Å². The fraction of sp³-hybridized carbons (Fsp3) is 0.462. The summed E-state index contributed by atoms with van der Waals surface area (Å²) in [4.78, 5) is 18.4. The molecule has 1 N–H and O–H groups in total. The van der Waals surface area contributed by atoms with Gasteiger partial charge in [0, 0.05) is 48.0 Å². The molecule has 182 valence electrons. The number of fused-ring (bicyclic) bond motifs is 1. The van der Waals surface area contributed by atoms with Crippen LogP contribution in [0.25, 0.3) is 5.57 Å². The van der Waals surface area contributed by atoms with E-state index in [-0.39, 0.29) is 11.8 Å². The van der Waals surface area contributed by atoms with Crippen LogP contribution >= 0.6 is 11.6 Å². The number of allylic oxidation sites excluding steroid dienone is 1. The third-order valence-corrected chi connectivity index (χ3v) is 6.79. The van der Waals surface area contributed by atoms with Gasteiger partial charge < -0.3 is 20.7 Å². The van der Waals surface area contributed by atoms with Crippen molar-refractivity contribution in [1.29, 1.82) is 0 Å². The number of hydrazine groups is 1. The highest BCUT2D eigenvalue weighted by Gasteiger charge is 2.28. The molecule has 1 atom stereocenters. The fourth-order valence-corrected chi connectivity index (χ4v) is 4.78. The zero-order valence-corrected chi connectivity index (χ0v) is 20.7. The normalized spacial score (nSPS) is 18.3. The Balaban J connectivity index is 1.43. The number of benzene rings is 1. The van der Waals surface area contributed by atoms with Crippen LogP contribution in [0.15, 0.2) is 48.9 Å². The van der Waals surface area contributed by atoms with Crippen molar-refractivity contribution in [2.24, 2.45) is 5.92 Å². The molecule has 0 saturated carbocycles. The molecule has 2 aliphatic rings. The second kappa shape index (κ2) is 11.2. The third-order valence-electron chi connectivity index (χ3n) is 6.54. The molecule has 3 heterocycles. The van der Waals surface area contributed by atoms with Gasteiger partial charge in [0.15, 0.2) is 0 Å². The Morgan fingerprint density at radius 3 is 2.82 bits per heavy atom. The van der Waals surface area contributed by atoms with Crippen molar-refractivity contribution < 1.29 is 4.79 Å². The largest absolute Gasteiger partial charge is 0.738 e. The number of likely N-dealkylation sites (tertiary alicyclic amines) is 1. The molecule has 2 aromatic rings. The molecule has 34 heavy (non-hydrogen) atoms. The Hall–Kier alpha value is -2.61. The molecule has 0 aliphatic carbocycles. The van der Waals surface area contributed by atoms with Crippen LogP contribution in [0.4, 0.5) is 5.69 Å². The first-order chi connectivity index (χ1) is 16.4.